The van der Waals surface area contributed by atoms with Crippen LogP contribution in [0.4, 0.5) is 5.95 Å². The van der Waals surface area contributed by atoms with Gasteiger partial charge < -0.3 is 0 Å². The first-order chi connectivity index (χ1) is 11.6. The van der Waals surface area contributed by atoms with Crippen LogP contribution in [-0.4, -0.2) is 31.2 Å². The van der Waals surface area contributed by atoms with E-state index in [1.165, 1.54) is 10.9 Å². The summed E-state index contributed by atoms with van der Waals surface area (Å²) in [4.78, 5) is 26.4. The van der Waals surface area contributed by atoms with Gasteiger partial charge in [-0.15, -0.1) is 10.2 Å². The van der Waals surface area contributed by atoms with E-state index in [4.69, 9.17) is 0 Å². The van der Waals surface area contributed by atoms with E-state index in [0.29, 0.717) is 11.3 Å². The van der Waals surface area contributed by atoms with Crippen LogP contribution in [0.25, 0.3) is 5.69 Å². The Hall–Kier alpha value is -3.49. The second-order valence-electron chi connectivity index (χ2n) is 5.08. The Morgan fingerprint density at radius 2 is 1.92 bits per heavy atom. The topological polar surface area (TPSA) is 121 Å². The summed E-state index contributed by atoms with van der Waals surface area (Å²) < 4.78 is 1.43. The third-order valence-electron chi connectivity index (χ3n) is 3.36. The predicted octanol–water partition coefficient (Wildman–Crippen LogP) is 0.707. The fourth-order valence-electron chi connectivity index (χ4n) is 2.07. The summed E-state index contributed by atoms with van der Waals surface area (Å²) in [7, 11) is 0. The molecule has 2 aromatic heterocycles. The maximum atomic E-state index is 12.5. The van der Waals surface area contributed by atoms with Crippen LogP contribution in [0.2, 0.25) is 0 Å². The van der Waals surface area contributed by atoms with Crippen LogP contribution in [0.3, 0.4) is 0 Å². The molecule has 9 heteroatoms. The Kier molecular flexibility index (Phi) is 4.06. The van der Waals surface area contributed by atoms with Gasteiger partial charge in [-0.1, -0.05) is 18.2 Å². The molecule has 0 bridgehead atoms. The third kappa shape index (κ3) is 3.00. The first-order valence-electron chi connectivity index (χ1n) is 7.16. The van der Waals surface area contributed by atoms with E-state index in [1.807, 2.05) is 30.3 Å². The highest BCUT2D eigenvalue weighted by molar-refractivity contribution is 5.81. The number of anilines is 1. The molecule has 0 saturated carbocycles. The zero-order valence-electron chi connectivity index (χ0n) is 13.1. The highest BCUT2D eigenvalue weighted by atomic mass is 16.1. The van der Waals surface area contributed by atoms with Crippen molar-refractivity contribution in [2.45, 2.75) is 13.8 Å². The zero-order valence-corrected chi connectivity index (χ0v) is 13.1. The van der Waals surface area contributed by atoms with Crippen molar-refractivity contribution in [3.8, 4) is 5.69 Å². The monoisotopic (exact) mass is 325 g/mol. The SMILES string of the molecule is Cc1[nH]n(-c2ccccc2)c(=O)c1C=NNc1nnc(C)c(=O)[nH]1. The molecule has 0 aliphatic rings. The number of hydrazone groups is 1. The molecule has 122 valence electrons. The van der Waals surface area contributed by atoms with E-state index < -0.39 is 0 Å². The van der Waals surface area contributed by atoms with Crippen molar-refractivity contribution >= 4 is 12.2 Å². The summed E-state index contributed by atoms with van der Waals surface area (Å²) in [5.74, 6) is 0.0958. The molecule has 0 amide bonds. The van der Waals surface area contributed by atoms with Crippen LogP contribution in [0, 0.1) is 13.8 Å². The van der Waals surface area contributed by atoms with Gasteiger partial charge in [0.05, 0.1) is 17.5 Å². The number of nitrogens with one attached hydrogen (secondary N) is 3. The Labute approximate surface area is 136 Å². The number of hydrogen-bond acceptors (Lipinski definition) is 6. The van der Waals surface area contributed by atoms with Gasteiger partial charge in [0.2, 0.25) is 5.95 Å². The largest absolute Gasteiger partial charge is 0.295 e. The van der Waals surface area contributed by atoms with Crippen LogP contribution in [-0.2, 0) is 0 Å². The second-order valence-corrected chi connectivity index (χ2v) is 5.08. The van der Waals surface area contributed by atoms with E-state index in [1.54, 1.807) is 13.8 Å². The molecular formula is C15H15N7O2. The Morgan fingerprint density at radius 1 is 1.17 bits per heavy atom. The van der Waals surface area contributed by atoms with E-state index in [2.05, 4.69) is 30.8 Å². The molecule has 2 heterocycles. The maximum absolute atomic E-state index is 12.5. The molecule has 0 saturated heterocycles. The molecule has 1 aromatic carbocycles. The van der Waals surface area contributed by atoms with Gasteiger partial charge in [0.1, 0.15) is 5.69 Å². The molecule has 0 spiro atoms. The number of rotatable bonds is 4. The highest BCUT2D eigenvalue weighted by Crippen LogP contribution is 2.05. The van der Waals surface area contributed by atoms with Crippen molar-refractivity contribution < 1.29 is 0 Å². The molecule has 3 rings (SSSR count). The maximum Gasteiger partial charge on any atom is 0.280 e. The second kappa shape index (κ2) is 6.32. The van der Waals surface area contributed by atoms with Crippen LogP contribution >= 0.6 is 0 Å². The minimum absolute atomic E-state index is 0.0958. The number of para-hydroxylation sites is 1. The fourth-order valence-corrected chi connectivity index (χ4v) is 2.07. The minimum atomic E-state index is -0.355. The van der Waals surface area contributed by atoms with Crippen LogP contribution in [0.5, 0.6) is 0 Å². The average Bonchev–Trinajstić information content (AvgIpc) is 2.87. The van der Waals surface area contributed by atoms with Crippen molar-refractivity contribution in [3.63, 3.8) is 0 Å². The summed E-state index contributed by atoms with van der Waals surface area (Å²) >= 11 is 0. The number of H-pyrrole nitrogens is 2. The quantitative estimate of drug-likeness (QED) is 0.482. The Morgan fingerprint density at radius 3 is 2.62 bits per heavy atom. The Bertz CT molecular complexity index is 999. The summed E-state index contributed by atoms with van der Waals surface area (Å²) in [6.45, 7) is 3.32. The van der Waals surface area contributed by atoms with Gasteiger partial charge in [0.15, 0.2) is 0 Å². The molecule has 3 aromatic rings. The first-order valence-corrected chi connectivity index (χ1v) is 7.16. The molecule has 0 unspecified atom stereocenters. The lowest BCUT2D eigenvalue weighted by atomic mass is 10.3. The van der Waals surface area contributed by atoms with Gasteiger partial charge >= 0.3 is 0 Å². The number of nitrogens with zero attached hydrogens (tertiary/aromatic N) is 4. The summed E-state index contributed by atoms with van der Waals surface area (Å²) in [6, 6.07) is 9.21. The van der Waals surface area contributed by atoms with Crippen molar-refractivity contribution in [2.24, 2.45) is 5.10 Å². The minimum Gasteiger partial charge on any atom is -0.295 e. The summed E-state index contributed by atoms with van der Waals surface area (Å²) in [5.41, 5.74) is 4.01. The molecule has 9 nitrogen and oxygen atoms in total. The normalized spacial score (nSPS) is 11.1. The molecule has 0 atom stereocenters. The lowest BCUT2D eigenvalue weighted by Crippen LogP contribution is -2.18. The van der Waals surface area contributed by atoms with Crippen molar-refractivity contribution in [1.82, 2.24) is 25.0 Å². The number of benzene rings is 1. The number of hydrogen-bond donors (Lipinski definition) is 3. The van der Waals surface area contributed by atoms with Gasteiger partial charge in [-0.3, -0.25) is 19.7 Å². The lowest BCUT2D eigenvalue weighted by molar-refractivity contribution is 0.835. The Balaban J connectivity index is 1.85. The van der Waals surface area contributed by atoms with E-state index in [0.717, 1.165) is 5.69 Å². The van der Waals surface area contributed by atoms with Crippen molar-refractivity contribution in [1.29, 1.82) is 0 Å². The molecule has 3 N–H and O–H groups in total. The number of aryl methyl sites for hydroxylation is 2. The molecule has 0 aliphatic carbocycles. The lowest BCUT2D eigenvalue weighted by Gasteiger charge is -1.99. The number of aromatic amines is 2. The van der Waals surface area contributed by atoms with Gasteiger partial charge in [-0.2, -0.15) is 5.10 Å². The summed E-state index contributed by atoms with van der Waals surface area (Å²) in [5, 5.41) is 14.4. The molecule has 0 fully saturated rings. The molecule has 24 heavy (non-hydrogen) atoms. The molecular weight excluding hydrogens is 310 g/mol. The summed E-state index contributed by atoms with van der Waals surface area (Å²) in [6.07, 6.45) is 1.37. The van der Waals surface area contributed by atoms with Crippen molar-refractivity contribution in [3.05, 3.63) is 68.0 Å². The van der Waals surface area contributed by atoms with Crippen LogP contribution in [0.1, 0.15) is 17.0 Å². The van der Waals surface area contributed by atoms with Gasteiger partial charge in [0.25, 0.3) is 11.1 Å². The van der Waals surface area contributed by atoms with Crippen molar-refractivity contribution in [2.75, 3.05) is 5.43 Å². The molecule has 0 aliphatic heterocycles. The van der Waals surface area contributed by atoms with Crippen LogP contribution in [0.15, 0.2) is 45.0 Å². The zero-order chi connectivity index (χ0) is 17.1. The smallest absolute Gasteiger partial charge is 0.280 e. The van der Waals surface area contributed by atoms with Crippen LogP contribution < -0.4 is 16.5 Å². The average molecular weight is 325 g/mol. The van der Waals surface area contributed by atoms with Gasteiger partial charge in [-0.25, -0.2) is 10.1 Å². The predicted molar refractivity (Wildman–Crippen MR) is 89.7 cm³/mol. The van der Waals surface area contributed by atoms with E-state index >= 15 is 0 Å². The van der Waals surface area contributed by atoms with E-state index in [-0.39, 0.29) is 22.8 Å². The third-order valence-corrected chi connectivity index (χ3v) is 3.36. The fraction of sp³-hybridized carbons (Fsp3) is 0.133. The standard InChI is InChI=1S/C15H15N7O2/c1-9-12(8-16-19-15-17-13(23)10(2)18-20-15)14(24)22(21-9)11-6-4-3-5-7-11/h3-8,21H,1-2H3,(H2,17,19,20,23). The highest BCUT2D eigenvalue weighted by Gasteiger charge is 2.10. The van der Waals surface area contributed by atoms with E-state index in [9.17, 15) is 9.59 Å². The van der Waals surface area contributed by atoms with Gasteiger partial charge in [0, 0.05) is 5.69 Å². The van der Waals surface area contributed by atoms with Gasteiger partial charge in [-0.05, 0) is 26.0 Å². The first kappa shape index (κ1) is 15.4. The number of aromatic nitrogens is 5. The molecule has 0 radical (unpaired) electrons.